The van der Waals surface area contributed by atoms with Gasteiger partial charge in [0.25, 0.3) is 11.8 Å². The number of ether oxygens (including phenoxy) is 1. The standard InChI is InChI=1S/C20H13ClN2O4S/c21-13-7-5-12(6-8-13)18-22-14(10-28-18)9-17(24)27-11-23-19(25)15-3-1-2-4-16(15)20(23)26/h1-8,10H,9,11H2. The summed E-state index contributed by atoms with van der Waals surface area (Å²) >= 11 is 7.29. The molecule has 0 unspecified atom stereocenters. The highest BCUT2D eigenvalue weighted by Crippen LogP contribution is 2.26. The molecule has 2 amide bonds. The summed E-state index contributed by atoms with van der Waals surface area (Å²) in [6, 6.07) is 13.8. The number of rotatable bonds is 5. The molecular formula is C20H13ClN2O4S. The molecule has 4 rings (SSSR count). The maximum atomic E-state index is 12.3. The molecule has 2 aromatic carbocycles. The van der Waals surface area contributed by atoms with Crippen molar-refractivity contribution >= 4 is 40.7 Å². The first-order chi connectivity index (χ1) is 13.5. The van der Waals surface area contributed by atoms with E-state index in [-0.39, 0.29) is 6.42 Å². The van der Waals surface area contributed by atoms with Crippen LogP contribution >= 0.6 is 22.9 Å². The molecule has 6 nitrogen and oxygen atoms in total. The largest absolute Gasteiger partial charge is 0.443 e. The number of thiazole rings is 1. The molecule has 140 valence electrons. The fourth-order valence-corrected chi connectivity index (χ4v) is 3.76. The molecule has 0 spiro atoms. The Morgan fingerprint density at radius 1 is 1.04 bits per heavy atom. The predicted molar refractivity (Wildman–Crippen MR) is 104 cm³/mol. The molecule has 0 radical (unpaired) electrons. The number of halogens is 1. The molecule has 2 heterocycles. The predicted octanol–water partition coefficient (Wildman–Crippen LogP) is 3.80. The van der Waals surface area contributed by atoms with Gasteiger partial charge in [0.05, 0.1) is 23.2 Å². The summed E-state index contributed by atoms with van der Waals surface area (Å²) in [6.07, 6.45) is -0.0484. The quantitative estimate of drug-likeness (QED) is 0.470. The van der Waals surface area contributed by atoms with Gasteiger partial charge >= 0.3 is 5.97 Å². The number of hydrogen-bond donors (Lipinski definition) is 0. The van der Waals surface area contributed by atoms with Crippen LogP contribution in [0.2, 0.25) is 5.02 Å². The average molecular weight is 413 g/mol. The molecule has 0 saturated heterocycles. The highest BCUT2D eigenvalue weighted by atomic mass is 35.5. The van der Waals surface area contributed by atoms with Gasteiger partial charge in [-0.05, 0) is 24.3 Å². The van der Waals surface area contributed by atoms with E-state index in [1.165, 1.54) is 11.3 Å². The van der Waals surface area contributed by atoms with E-state index in [9.17, 15) is 14.4 Å². The van der Waals surface area contributed by atoms with Crippen molar-refractivity contribution < 1.29 is 19.1 Å². The van der Waals surface area contributed by atoms with Crippen LogP contribution in [0.1, 0.15) is 26.4 Å². The van der Waals surface area contributed by atoms with Crippen molar-refractivity contribution in [3.63, 3.8) is 0 Å². The fourth-order valence-electron chi connectivity index (χ4n) is 2.81. The molecular weight excluding hydrogens is 400 g/mol. The number of carbonyl (C=O) groups is 3. The second-order valence-corrected chi connectivity index (χ2v) is 7.35. The molecule has 0 saturated carbocycles. The van der Waals surface area contributed by atoms with Crippen LogP contribution in [0.3, 0.4) is 0 Å². The lowest BCUT2D eigenvalue weighted by Crippen LogP contribution is -2.33. The van der Waals surface area contributed by atoms with Crippen LogP contribution in [-0.4, -0.2) is 34.4 Å². The first-order valence-corrected chi connectivity index (χ1v) is 9.60. The van der Waals surface area contributed by atoms with Crippen molar-refractivity contribution in [2.75, 3.05) is 6.73 Å². The van der Waals surface area contributed by atoms with Crippen LogP contribution in [0.4, 0.5) is 0 Å². The van der Waals surface area contributed by atoms with E-state index in [0.717, 1.165) is 15.5 Å². The third-order valence-corrected chi connectivity index (χ3v) is 5.39. The second kappa shape index (κ2) is 7.53. The summed E-state index contributed by atoms with van der Waals surface area (Å²) in [6.45, 7) is -0.417. The molecule has 0 fully saturated rings. The Labute approximate surface area is 169 Å². The molecule has 0 bridgehead atoms. The number of esters is 1. The van der Waals surface area contributed by atoms with Crippen molar-refractivity contribution in [3.05, 3.63) is 75.8 Å². The van der Waals surface area contributed by atoms with E-state index in [1.807, 2.05) is 12.1 Å². The molecule has 0 aliphatic carbocycles. The summed E-state index contributed by atoms with van der Waals surface area (Å²) in [7, 11) is 0. The van der Waals surface area contributed by atoms with E-state index in [2.05, 4.69) is 4.98 Å². The van der Waals surface area contributed by atoms with Crippen molar-refractivity contribution in [1.29, 1.82) is 0 Å². The van der Waals surface area contributed by atoms with Crippen LogP contribution in [0.5, 0.6) is 0 Å². The van der Waals surface area contributed by atoms with Crippen molar-refractivity contribution in [1.82, 2.24) is 9.88 Å². The summed E-state index contributed by atoms with van der Waals surface area (Å²) < 4.78 is 5.13. The maximum Gasteiger partial charge on any atom is 0.313 e. The lowest BCUT2D eigenvalue weighted by molar-refractivity contribution is -0.145. The third kappa shape index (κ3) is 3.54. The van der Waals surface area contributed by atoms with Gasteiger partial charge in [0, 0.05) is 16.0 Å². The number of imide groups is 1. The first-order valence-electron chi connectivity index (χ1n) is 8.34. The third-order valence-electron chi connectivity index (χ3n) is 4.20. The smallest absolute Gasteiger partial charge is 0.313 e. The van der Waals surface area contributed by atoms with E-state index in [4.69, 9.17) is 16.3 Å². The average Bonchev–Trinajstić information content (AvgIpc) is 3.25. The summed E-state index contributed by atoms with van der Waals surface area (Å²) in [5.74, 6) is -1.50. The van der Waals surface area contributed by atoms with Gasteiger partial charge in [-0.15, -0.1) is 11.3 Å². The zero-order valence-corrected chi connectivity index (χ0v) is 16.0. The Morgan fingerprint density at radius 3 is 2.32 bits per heavy atom. The SMILES string of the molecule is O=C(Cc1csc(-c2ccc(Cl)cc2)n1)OCN1C(=O)c2ccccc2C1=O. The molecule has 1 aliphatic rings. The van der Waals surface area contributed by atoms with Crippen LogP contribution in [0.25, 0.3) is 10.6 Å². The van der Waals surface area contributed by atoms with Gasteiger partial charge in [-0.1, -0.05) is 35.9 Å². The maximum absolute atomic E-state index is 12.3. The summed E-state index contributed by atoms with van der Waals surface area (Å²) in [5.41, 5.74) is 2.09. The van der Waals surface area contributed by atoms with Crippen molar-refractivity contribution in [3.8, 4) is 10.6 Å². The monoisotopic (exact) mass is 412 g/mol. The lowest BCUT2D eigenvalue weighted by atomic mass is 10.1. The van der Waals surface area contributed by atoms with Gasteiger partial charge < -0.3 is 4.74 Å². The van der Waals surface area contributed by atoms with Gasteiger partial charge in [-0.2, -0.15) is 0 Å². The summed E-state index contributed by atoms with van der Waals surface area (Å²) in [5, 5.41) is 3.17. The fraction of sp³-hybridized carbons (Fsp3) is 0.100. The number of carbonyl (C=O) groups excluding carboxylic acids is 3. The molecule has 8 heteroatoms. The van der Waals surface area contributed by atoms with Gasteiger partial charge in [0.1, 0.15) is 5.01 Å². The second-order valence-electron chi connectivity index (χ2n) is 6.06. The van der Waals surface area contributed by atoms with E-state index in [0.29, 0.717) is 21.8 Å². The Balaban J connectivity index is 1.36. The number of hydrogen-bond acceptors (Lipinski definition) is 6. The molecule has 1 aliphatic heterocycles. The van der Waals surface area contributed by atoms with Gasteiger partial charge in [0.15, 0.2) is 6.73 Å². The highest BCUT2D eigenvalue weighted by molar-refractivity contribution is 7.13. The minimum atomic E-state index is -0.565. The molecule has 3 aromatic rings. The Bertz CT molecular complexity index is 1040. The molecule has 1 aromatic heterocycles. The van der Waals surface area contributed by atoms with Crippen LogP contribution < -0.4 is 0 Å². The molecule has 0 N–H and O–H groups in total. The Kier molecular flexibility index (Phi) is 4.93. The molecule has 0 atom stereocenters. The van der Waals surface area contributed by atoms with Crippen LogP contribution in [0, 0.1) is 0 Å². The minimum absolute atomic E-state index is 0.0484. The van der Waals surface area contributed by atoms with Crippen molar-refractivity contribution in [2.24, 2.45) is 0 Å². The number of nitrogens with zero attached hydrogens (tertiary/aromatic N) is 2. The zero-order valence-electron chi connectivity index (χ0n) is 14.4. The number of aromatic nitrogens is 1. The first kappa shape index (κ1) is 18.3. The minimum Gasteiger partial charge on any atom is -0.443 e. The molecule has 28 heavy (non-hydrogen) atoms. The van der Waals surface area contributed by atoms with Crippen LogP contribution in [0.15, 0.2) is 53.9 Å². The van der Waals surface area contributed by atoms with E-state index < -0.39 is 24.5 Å². The van der Waals surface area contributed by atoms with E-state index >= 15 is 0 Å². The number of amides is 2. The number of fused-ring (bicyclic) bond motifs is 1. The van der Waals surface area contributed by atoms with Gasteiger partial charge in [-0.25, -0.2) is 9.88 Å². The van der Waals surface area contributed by atoms with Crippen LogP contribution in [-0.2, 0) is 16.0 Å². The lowest BCUT2D eigenvalue weighted by Gasteiger charge is -2.13. The zero-order chi connectivity index (χ0) is 19.7. The number of benzene rings is 2. The topological polar surface area (TPSA) is 76.6 Å². The van der Waals surface area contributed by atoms with E-state index in [1.54, 1.807) is 41.8 Å². The van der Waals surface area contributed by atoms with Gasteiger partial charge in [0.2, 0.25) is 0 Å². The highest BCUT2D eigenvalue weighted by Gasteiger charge is 2.35. The van der Waals surface area contributed by atoms with Crippen molar-refractivity contribution in [2.45, 2.75) is 6.42 Å². The Morgan fingerprint density at radius 2 is 1.68 bits per heavy atom. The Hall–Kier alpha value is -3.03. The normalized spacial score (nSPS) is 13.0. The summed E-state index contributed by atoms with van der Waals surface area (Å²) in [4.78, 5) is 42.0. The van der Waals surface area contributed by atoms with Gasteiger partial charge in [-0.3, -0.25) is 14.4 Å².